The summed E-state index contributed by atoms with van der Waals surface area (Å²) in [4.78, 5) is 0. The molecule has 49 heavy (non-hydrogen) atoms. The van der Waals surface area contributed by atoms with Gasteiger partial charge in [-0.25, -0.2) is 0 Å². The highest BCUT2D eigenvalue weighted by atomic mass is 15.0. The van der Waals surface area contributed by atoms with Gasteiger partial charge in [0, 0.05) is 44.0 Å². The number of hydrogen-bond acceptors (Lipinski definition) is 0. The summed E-state index contributed by atoms with van der Waals surface area (Å²) in [5.74, 6) is 0. The number of nitrogens with zero attached hydrogens (tertiary/aromatic N) is 2. The van der Waals surface area contributed by atoms with Gasteiger partial charge in [0.05, 0.1) is 11.0 Å². The fourth-order valence-electron chi connectivity index (χ4n) is 8.85. The summed E-state index contributed by atoms with van der Waals surface area (Å²) in [6, 6.07) is 52.1. The lowest BCUT2D eigenvalue weighted by molar-refractivity contribution is 1.14. The molecule has 0 atom stereocenters. The van der Waals surface area contributed by atoms with E-state index in [0.717, 1.165) is 11.1 Å². The summed E-state index contributed by atoms with van der Waals surface area (Å²) in [7, 11) is 0. The summed E-state index contributed by atoms with van der Waals surface area (Å²) in [6.45, 7) is 8.05. The lowest BCUT2D eigenvalue weighted by Crippen LogP contribution is -2.59. The maximum absolute atomic E-state index is 3.99. The number of fused-ring (bicyclic) bond motifs is 10. The molecule has 11 rings (SSSR count). The zero-order valence-corrected chi connectivity index (χ0v) is 26.8. The van der Waals surface area contributed by atoms with Crippen LogP contribution >= 0.6 is 0 Å². The van der Waals surface area contributed by atoms with Crippen LogP contribution in [0, 0.1) is 0 Å². The van der Waals surface area contributed by atoms with E-state index in [4.69, 9.17) is 0 Å². The molecule has 0 amide bonds. The van der Waals surface area contributed by atoms with Crippen molar-refractivity contribution in [1.82, 2.24) is 9.13 Å². The predicted octanol–water partition coefficient (Wildman–Crippen LogP) is 9.64. The van der Waals surface area contributed by atoms with Crippen LogP contribution in [-0.4, -0.2) is 15.8 Å². The van der Waals surface area contributed by atoms with E-state index < -0.39 is 0 Å². The molecule has 226 valence electrons. The van der Waals surface area contributed by atoms with Crippen molar-refractivity contribution < 1.29 is 0 Å². The Labute approximate surface area is 284 Å². The van der Waals surface area contributed by atoms with Crippen LogP contribution in [0.4, 0.5) is 0 Å². The normalized spacial score (nSPS) is 12.6. The summed E-state index contributed by atoms with van der Waals surface area (Å²) in [5.41, 5.74) is 18.8. The quantitative estimate of drug-likeness (QED) is 0.174. The molecule has 0 radical (unpaired) electrons. The summed E-state index contributed by atoms with van der Waals surface area (Å²) >= 11 is 0. The molecule has 0 saturated carbocycles. The van der Waals surface area contributed by atoms with E-state index in [9.17, 15) is 0 Å². The van der Waals surface area contributed by atoms with Crippen molar-refractivity contribution in [1.29, 1.82) is 0 Å². The first-order chi connectivity index (χ1) is 24.2. The average Bonchev–Trinajstić information content (AvgIpc) is 3.69. The zero-order chi connectivity index (χ0) is 32.4. The molecule has 0 unspecified atom stereocenters. The van der Waals surface area contributed by atoms with E-state index >= 15 is 0 Å². The topological polar surface area (TPSA) is 9.86 Å². The number of benzene rings is 7. The van der Waals surface area contributed by atoms with E-state index in [1.807, 2.05) is 12.2 Å². The Morgan fingerprint density at radius 3 is 1.53 bits per heavy atom. The Bertz CT molecular complexity index is 2900. The third-order valence-electron chi connectivity index (χ3n) is 11.0. The first-order valence-electron chi connectivity index (χ1n) is 17.0. The van der Waals surface area contributed by atoms with Gasteiger partial charge < -0.3 is 9.13 Å². The average molecular weight is 621 g/mol. The Morgan fingerprint density at radius 1 is 0.429 bits per heavy atom. The smallest absolute Gasteiger partial charge is 0.252 e. The molecule has 4 heterocycles. The molecule has 0 spiro atoms. The molecule has 0 aliphatic carbocycles. The first kappa shape index (κ1) is 26.7. The zero-order valence-electron chi connectivity index (χ0n) is 26.8. The van der Waals surface area contributed by atoms with Crippen molar-refractivity contribution in [3.8, 4) is 33.6 Å². The van der Waals surface area contributed by atoms with E-state index in [-0.39, 0.29) is 6.71 Å². The molecule has 0 N–H and O–H groups in total. The second-order valence-electron chi connectivity index (χ2n) is 13.4. The van der Waals surface area contributed by atoms with Gasteiger partial charge in [0.2, 0.25) is 0 Å². The molecular formula is C46H29BN2. The Balaban J connectivity index is 1.33. The van der Waals surface area contributed by atoms with Crippen molar-refractivity contribution in [3.05, 3.63) is 164 Å². The van der Waals surface area contributed by atoms with Gasteiger partial charge in [-0.1, -0.05) is 135 Å². The molecule has 0 fully saturated rings. The highest BCUT2D eigenvalue weighted by molar-refractivity contribution is 7.00. The van der Waals surface area contributed by atoms with Crippen molar-refractivity contribution >= 4 is 78.9 Å². The minimum atomic E-state index is 0.0782. The van der Waals surface area contributed by atoms with Crippen LogP contribution < -0.4 is 16.4 Å². The SMILES string of the molecule is C=Cc1ccc(-c2cc3c4c(c2)-n2c5ccccc5c5cc(-c6ccc(C=C)cc6)cc(c52)B4c2cccc4c5ccccc5n-3c24)cc1. The standard InChI is InChI=1S/C46H29BN2/c1-3-28-16-20-30(21-17-28)32-24-37-35-11-6-8-15-41(35)49-43-27-33(31-22-18-29(4-2)19-23-31)26-42-44(43)47(39(25-32)46(37)49)38-13-9-12-36-34-10-5-7-14-40(34)48(42)45(36)38/h3-27H,1-2H2. The van der Waals surface area contributed by atoms with Gasteiger partial charge in [-0.15, -0.1) is 0 Å². The number of rotatable bonds is 4. The molecule has 2 nitrogen and oxygen atoms in total. The van der Waals surface area contributed by atoms with Crippen molar-refractivity contribution in [2.24, 2.45) is 0 Å². The minimum absolute atomic E-state index is 0.0782. The van der Waals surface area contributed by atoms with Crippen LogP contribution in [-0.2, 0) is 0 Å². The van der Waals surface area contributed by atoms with Crippen molar-refractivity contribution in [2.75, 3.05) is 0 Å². The molecule has 2 aliphatic heterocycles. The van der Waals surface area contributed by atoms with E-state index in [2.05, 4.69) is 162 Å². The Kier molecular flexibility index (Phi) is 5.25. The number of para-hydroxylation sites is 3. The largest absolute Gasteiger partial charge is 0.310 e. The molecule has 2 aliphatic rings. The molecule has 7 aromatic carbocycles. The van der Waals surface area contributed by atoms with E-state index in [1.54, 1.807) is 0 Å². The highest BCUT2D eigenvalue weighted by Crippen LogP contribution is 2.41. The van der Waals surface area contributed by atoms with Gasteiger partial charge in [0.15, 0.2) is 0 Å². The minimum Gasteiger partial charge on any atom is -0.310 e. The Hall–Kier alpha value is -6.32. The van der Waals surface area contributed by atoms with Gasteiger partial charge in [-0.2, -0.15) is 0 Å². The molecule has 2 aromatic heterocycles. The van der Waals surface area contributed by atoms with Gasteiger partial charge >= 0.3 is 0 Å². The lowest BCUT2D eigenvalue weighted by Gasteiger charge is -2.34. The molecule has 0 saturated heterocycles. The van der Waals surface area contributed by atoms with Crippen LogP contribution in [0.25, 0.3) is 89.4 Å². The summed E-state index contributed by atoms with van der Waals surface area (Å²) < 4.78 is 5.10. The van der Waals surface area contributed by atoms with Crippen LogP contribution in [0.2, 0.25) is 0 Å². The van der Waals surface area contributed by atoms with Gasteiger partial charge in [0.1, 0.15) is 0 Å². The van der Waals surface area contributed by atoms with Crippen LogP contribution in [0.15, 0.2) is 153 Å². The summed E-state index contributed by atoms with van der Waals surface area (Å²) in [6.07, 6.45) is 3.82. The molecule has 0 bridgehead atoms. The fraction of sp³-hybridized carbons (Fsp3) is 0. The van der Waals surface area contributed by atoms with Gasteiger partial charge in [-0.05, 0) is 80.1 Å². The monoisotopic (exact) mass is 620 g/mol. The number of hydrogen-bond donors (Lipinski definition) is 0. The maximum atomic E-state index is 3.99. The third kappa shape index (κ3) is 3.46. The van der Waals surface area contributed by atoms with Crippen molar-refractivity contribution in [3.63, 3.8) is 0 Å². The number of aromatic nitrogens is 2. The molecule has 9 aromatic rings. The fourth-order valence-corrected chi connectivity index (χ4v) is 8.85. The molecule has 3 heteroatoms. The van der Waals surface area contributed by atoms with E-state index in [0.29, 0.717) is 0 Å². The predicted molar refractivity (Wildman–Crippen MR) is 211 cm³/mol. The van der Waals surface area contributed by atoms with Gasteiger partial charge in [0.25, 0.3) is 6.71 Å². The summed E-state index contributed by atoms with van der Waals surface area (Å²) in [5, 5.41) is 5.17. The molecular weight excluding hydrogens is 591 g/mol. The Morgan fingerprint density at radius 2 is 0.939 bits per heavy atom. The first-order valence-corrected chi connectivity index (χ1v) is 17.0. The van der Waals surface area contributed by atoms with Crippen molar-refractivity contribution in [2.45, 2.75) is 0 Å². The maximum Gasteiger partial charge on any atom is 0.252 e. The second-order valence-corrected chi connectivity index (χ2v) is 13.4. The van der Waals surface area contributed by atoms with Crippen LogP contribution in [0.1, 0.15) is 11.1 Å². The van der Waals surface area contributed by atoms with Crippen LogP contribution in [0.5, 0.6) is 0 Å². The highest BCUT2D eigenvalue weighted by Gasteiger charge is 2.41. The van der Waals surface area contributed by atoms with Gasteiger partial charge in [-0.3, -0.25) is 0 Å². The second kappa shape index (κ2) is 9.62. The van der Waals surface area contributed by atoms with E-state index in [1.165, 1.54) is 93.6 Å². The van der Waals surface area contributed by atoms with Crippen LogP contribution in [0.3, 0.4) is 0 Å². The lowest BCUT2D eigenvalue weighted by atomic mass is 9.34. The third-order valence-corrected chi connectivity index (χ3v) is 11.0.